The molecule has 1 aliphatic rings. The predicted molar refractivity (Wildman–Crippen MR) is 59.8 cm³/mol. The third kappa shape index (κ3) is 2.86. The molecule has 0 heteroatoms. The SMILES string of the molecule is CC(C)=C1CCC(C(C)(C)C)CC1. The summed E-state index contributed by atoms with van der Waals surface area (Å²) in [6.07, 6.45) is 5.52. The second-order valence-electron chi connectivity index (χ2n) is 5.74. The molecule has 0 aromatic rings. The van der Waals surface area contributed by atoms with Crippen molar-refractivity contribution in [3.8, 4) is 0 Å². The largest absolute Gasteiger partial charge is 0.0772 e. The molecule has 1 aliphatic carbocycles. The lowest BCUT2D eigenvalue weighted by Crippen LogP contribution is -2.23. The number of hydrogen-bond donors (Lipinski definition) is 0. The first kappa shape index (κ1) is 10.8. The lowest BCUT2D eigenvalue weighted by molar-refractivity contribution is 0.197. The molecule has 76 valence electrons. The highest BCUT2D eigenvalue weighted by molar-refractivity contribution is 5.12. The Bertz CT molecular complexity index is 189. The van der Waals surface area contributed by atoms with E-state index in [1.807, 2.05) is 0 Å². The first-order valence-electron chi connectivity index (χ1n) is 5.56. The maximum absolute atomic E-state index is 2.38. The summed E-state index contributed by atoms with van der Waals surface area (Å²) >= 11 is 0. The monoisotopic (exact) mass is 180 g/mol. The van der Waals surface area contributed by atoms with Crippen LogP contribution in [0.4, 0.5) is 0 Å². The molecule has 0 aliphatic heterocycles. The van der Waals surface area contributed by atoms with Gasteiger partial charge in [0.25, 0.3) is 0 Å². The van der Waals surface area contributed by atoms with Gasteiger partial charge in [-0.05, 0) is 50.9 Å². The van der Waals surface area contributed by atoms with E-state index in [1.54, 1.807) is 11.1 Å². The predicted octanol–water partition coefficient (Wildman–Crippen LogP) is 4.56. The molecule has 0 aromatic carbocycles. The fourth-order valence-corrected chi connectivity index (χ4v) is 2.33. The second-order valence-corrected chi connectivity index (χ2v) is 5.74. The Morgan fingerprint density at radius 2 is 1.54 bits per heavy atom. The van der Waals surface area contributed by atoms with Crippen molar-refractivity contribution in [1.29, 1.82) is 0 Å². The Balaban J connectivity index is 2.54. The van der Waals surface area contributed by atoms with Crippen molar-refractivity contribution in [1.82, 2.24) is 0 Å². The lowest BCUT2D eigenvalue weighted by Gasteiger charge is -2.35. The summed E-state index contributed by atoms with van der Waals surface area (Å²) < 4.78 is 0. The van der Waals surface area contributed by atoms with Gasteiger partial charge in [0.15, 0.2) is 0 Å². The third-order valence-electron chi connectivity index (χ3n) is 3.52. The molecule has 0 nitrogen and oxygen atoms in total. The molecule has 13 heavy (non-hydrogen) atoms. The molecule has 1 saturated carbocycles. The van der Waals surface area contributed by atoms with Crippen LogP contribution in [0.2, 0.25) is 0 Å². The van der Waals surface area contributed by atoms with Crippen molar-refractivity contribution in [3.05, 3.63) is 11.1 Å². The lowest BCUT2D eigenvalue weighted by atomic mass is 9.71. The van der Waals surface area contributed by atoms with Crippen LogP contribution in [0, 0.1) is 11.3 Å². The summed E-state index contributed by atoms with van der Waals surface area (Å²) in [5.41, 5.74) is 3.81. The standard InChI is InChI=1S/C13H24/c1-10(2)11-6-8-12(9-7-11)13(3,4)5/h12H,6-9H2,1-5H3. The summed E-state index contributed by atoms with van der Waals surface area (Å²) in [4.78, 5) is 0. The van der Waals surface area contributed by atoms with E-state index in [4.69, 9.17) is 0 Å². The molecule has 0 spiro atoms. The van der Waals surface area contributed by atoms with Crippen molar-refractivity contribution < 1.29 is 0 Å². The van der Waals surface area contributed by atoms with Crippen LogP contribution in [0.1, 0.15) is 60.3 Å². The van der Waals surface area contributed by atoms with Crippen LogP contribution in [0.15, 0.2) is 11.1 Å². The van der Waals surface area contributed by atoms with E-state index in [2.05, 4.69) is 34.6 Å². The van der Waals surface area contributed by atoms with Gasteiger partial charge < -0.3 is 0 Å². The third-order valence-corrected chi connectivity index (χ3v) is 3.52. The molecular weight excluding hydrogens is 156 g/mol. The van der Waals surface area contributed by atoms with Crippen LogP contribution in [0.3, 0.4) is 0 Å². The minimum absolute atomic E-state index is 0.521. The molecule has 0 saturated heterocycles. The Hall–Kier alpha value is -0.260. The van der Waals surface area contributed by atoms with Crippen molar-refractivity contribution >= 4 is 0 Å². The summed E-state index contributed by atoms with van der Waals surface area (Å²) in [6.45, 7) is 11.7. The molecule has 0 amide bonds. The summed E-state index contributed by atoms with van der Waals surface area (Å²) in [7, 11) is 0. The summed E-state index contributed by atoms with van der Waals surface area (Å²) in [5.74, 6) is 0.940. The molecule has 1 rings (SSSR count). The Labute approximate surface area is 83.4 Å². The molecular formula is C13H24. The topological polar surface area (TPSA) is 0 Å². The highest BCUT2D eigenvalue weighted by atomic mass is 14.3. The van der Waals surface area contributed by atoms with Crippen LogP contribution in [-0.2, 0) is 0 Å². The molecule has 1 fully saturated rings. The molecule has 0 atom stereocenters. The van der Waals surface area contributed by atoms with Gasteiger partial charge in [0.2, 0.25) is 0 Å². The molecule has 0 heterocycles. The van der Waals surface area contributed by atoms with Gasteiger partial charge in [-0.25, -0.2) is 0 Å². The van der Waals surface area contributed by atoms with E-state index in [1.165, 1.54) is 25.7 Å². The van der Waals surface area contributed by atoms with E-state index < -0.39 is 0 Å². The van der Waals surface area contributed by atoms with Crippen LogP contribution in [0.25, 0.3) is 0 Å². The maximum atomic E-state index is 2.38. The average molecular weight is 180 g/mol. The zero-order valence-electron chi connectivity index (χ0n) is 9.91. The molecule has 0 radical (unpaired) electrons. The minimum Gasteiger partial charge on any atom is -0.0772 e. The molecule has 0 unspecified atom stereocenters. The smallest absolute Gasteiger partial charge is 0.0315 e. The highest BCUT2D eigenvalue weighted by Crippen LogP contribution is 2.40. The van der Waals surface area contributed by atoms with Gasteiger partial charge in [-0.1, -0.05) is 31.9 Å². The maximum Gasteiger partial charge on any atom is -0.0315 e. The number of hydrogen-bond acceptors (Lipinski definition) is 0. The van der Waals surface area contributed by atoms with Crippen molar-refractivity contribution in [2.75, 3.05) is 0 Å². The van der Waals surface area contributed by atoms with E-state index in [-0.39, 0.29) is 0 Å². The van der Waals surface area contributed by atoms with Gasteiger partial charge >= 0.3 is 0 Å². The first-order chi connectivity index (χ1) is 5.91. The Morgan fingerprint density at radius 3 is 1.85 bits per heavy atom. The van der Waals surface area contributed by atoms with Crippen molar-refractivity contribution in [2.45, 2.75) is 60.3 Å². The zero-order chi connectivity index (χ0) is 10.1. The van der Waals surface area contributed by atoms with Gasteiger partial charge in [0.05, 0.1) is 0 Å². The second kappa shape index (κ2) is 3.86. The average Bonchev–Trinajstić information content (AvgIpc) is 2.03. The fourth-order valence-electron chi connectivity index (χ4n) is 2.33. The fraction of sp³-hybridized carbons (Fsp3) is 0.846. The van der Waals surface area contributed by atoms with Crippen LogP contribution >= 0.6 is 0 Å². The molecule has 0 N–H and O–H groups in total. The van der Waals surface area contributed by atoms with E-state index >= 15 is 0 Å². The van der Waals surface area contributed by atoms with Crippen molar-refractivity contribution in [2.24, 2.45) is 11.3 Å². The van der Waals surface area contributed by atoms with E-state index in [0.717, 1.165) is 5.92 Å². The first-order valence-corrected chi connectivity index (χ1v) is 5.56. The van der Waals surface area contributed by atoms with E-state index in [0.29, 0.717) is 5.41 Å². The summed E-state index contributed by atoms with van der Waals surface area (Å²) in [5, 5.41) is 0. The number of rotatable bonds is 0. The normalized spacial score (nSPS) is 24.7. The van der Waals surface area contributed by atoms with Gasteiger partial charge in [0.1, 0.15) is 0 Å². The van der Waals surface area contributed by atoms with Gasteiger partial charge in [0, 0.05) is 0 Å². The van der Waals surface area contributed by atoms with Crippen molar-refractivity contribution in [3.63, 3.8) is 0 Å². The minimum atomic E-state index is 0.521. The summed E-state index contributed by atoms with van der Waals surface area (Å²) in [6, 6.07) is 0. The van der Waals surface area contributed by atoms with Gasteiger partial charge in [-0.2, -0.15) is 0 Å². The zero-order valence-corrected chi connectivity index (χ0v) is 9.91. The quantitative estimate of drug-likeness (QED) is 0.479. The van der Waals surface area contributed by atoms with Crippen LogP contribution < -0.4 is 0 Å². The van der Waals surface area contributed by atoms with Crippen LogP contribution in [-0.4, -0.2) is 0 Å². The van der Waals surface area contributed by atoms with Gasteiger partial charge in [-0.15, -0.1) is 0 Å². The Kier molecular flexibility index (Phi) is 3.21. The van der Waals surface area contributed by atoms with Gasteiger partial charge in [-0.3, -0.25) is 0 Å². The van der Waals surface area contributed by atoms with E-state index in [9.17, 15) is 0 Å². The molecule has 0 bridgehead atoms. The highest BCUT2D eigenvalue weighted by Gasteiger charge is 2.27. The molecule has 0 aromatic heterocycles. The number of allylic oxidation sites excluding steroid dienone is 2. The van der Waals surface area contributed by atoms with Crippen LogP contribution in [0.5, 0.6) is 0 Å². The Morgan fingerprint density at radius 1 is 1.08 bits per heavy atom.